The first kappa shape index (κ1) is 15.8. The number of rotatable bonds is 3. The molecule has 3 rings (SSSR count). The molecule has 2 aromatic rings. The molecule has 0 bridgehead atoms. The first-order valence-electron chi connectivity index (χ1n) is 7.06. The molecule has 5 nitrogen and oxygen atoms in total. The Kier molecular flexibility index (Phi) is 4.04. The van der Waals surface area contributed by atoms with E-state index in [-0.39, 0.29) is 10.8 Å². The fourth-order valence-electron chi connectivity index (χ4n) is 2.62. The van der Waals surface area contributed by atoms with E-state index in [4.69, 9.17) is 11.6 Å². The van der Waals surface area contributed by atoms with Gasteiger partial charge in [0, 0.05) is 24.2 Å². The van der Waals surface area contributed by atoms with Crippen molar-refractivity contribution in [3.8, 4) is 0 Å². The van der Waals surface area contributed by atoms with Gasteiger partial charge in [0.2, 0.25) is 5.91 Å². The average molecular weight is 351 g/mol. The van der Waals surface area contributed by atoms with Crippen LogP contribution in [0.4, 0.5) is 11.4 Å². The second kappa shape index (κ2) is 5.86. The number of carbonyl (C=O) groups is 1. The molecule has 1 aliphatic rings. The van der Waals surface area contributed by atoms with Crippen molar-refractivity contribution in [2.24, 2.45) is 0 Å². The van der Waals surface area contributed by atoms with Crippen LogP contribution < -0.4 is 9.62 Å². The molecule has 0 saturated carbocycles. The Morgan fingerprint density at radius 3 is 2.70 bits per heavy atom. The van der Waals surface area contributed by atoms with Crippen LogP contribution in [0.3, 0.4) is 0 Å². The predicted octanol–water partition coefficient (Wildman–Crippen LogP) is 3.05. The molecule has 23 heavy (non-hydrogen) atoms. The number of hydrogen-bond acceptors (Lipinski definition) is 3. The van der Waals surface area contributed by atoms with Gasteiger partial charge in [-0.1, -0.05) is 23.7 Å². The van der Waals surface area contributed by atoms with E-state index in [0.29, 0.717) is 17.3 Å². The normalized spacial score (nSPS) is 13.7. The second-order valence-electron chi connectivity index (χ2n) is 5.33. The Balaban J connectivity index is 1.92. The van der Waals surface area contributed by atoms with E-state index in [1.165, 1.54) is 19.1 Å². The van der Waals surface area contributed by atoms with Gasteiger partial charge in [-0.15, -0.1) is 0 Å². The van der Waals surface area contributed by atoms with Gasteiger partial charge in [0.1, 0.15) is 0 Å². The fourth-order valence-corrected chi connectivity index (χ4v) is 3.97. The van der Waals surface area contributed by atoms with Crippen LogP contribution in [0.2, 0.25) is 5.02 Å². The van der Waals surface area contributed by atoms with Crippen molar-refractivity contribution in [2.75, 3.05) is 16.2 Å². The summed E-state index contributed by atoms with van der Waals surface area (Å²) in [5.41, 5.74) is 2.20. The lowest BCUT2D eigenvalue weighted by atomic mass is 10.1. The molecule has 0 radical (unpaired) electrons. The third-order valence-electron chi connectivity index (χ3n) is 3.72. The SMILES string of the molecule is CC(=O)N1CCc2ccc(NS(=O)(=O)c3cccc(Cl)c3)cc21. The van der Waals surface area contributed by atoms with Crippen molar-refractivity contribution in [1.82, 2.24) is 0 Å². The summed E-state index contributed by atoms with van der Waals surface area (Å²) in [7, 11) is -3.73. The topological polar surface area (TPSA) is 66.5 Å². The van der Waals surface area contributed by atoms with Gasteiger partial charge in [0.05, 0.1) is 10.6 Å². The van der Waals surface area contributed by atoms with Gasteiger partial charge in [-0.2, -0.15) is 0 Å². The van der Waals surface area contributed by atoms with Crippen LogP contribution in [0, 0.1) is 0 Å². The van der Waals surface area contributed by atoms with Crippen molar-refractivity contribution < 1.29 is 13.2 Å². The molecular weight excluding hydrogens is 336 g/mol. The van der Waals surface area contributed by atoms with Gasteiger partial charge in [-0.05, 0) is 42.3 Å². The maximum absolute atomic E-state index is 12.4. The summed E-state index contributed by atoms with van der Waals surface area (Å²) < 4.78 is 27.4. The zero-order valence-corrected chi connectivity index (χ0v) is 14.0. The fraction of sp³-hybridized carbons (Fsp3) is 0.188. The maximum atomic E-state index is 12.4. The molecular formula is C16H15ClN2O3S. The standard InChI is InChI=1S/C16H15ClN2O3S/c1-11(20)19-8-7-12-5-6-14(10-16(12)19)18-23(21,22)15-4-2-3-13(17)9-15/h2-6,9-10,18H,7-8H2,1H3. The van der Waals surface area contributed by atoms with Gasteiger partial charge in [0.25, 0.3) is 10.0 Å². The molecule has 0 unspecified atom stereocenters. The molecule has 0 saturated heterocycles. The number of halogens is 1. The van der Waals surface area contributed by atoms with E-state index in [0.717, 1.165) is 17.7 Å². The van der Waals surface area contributed by atoms with Crippen LogP contribution in [0.15, 0.2) is 47.4 Å². The largest absolute Gasteiger partial charge is 0.312 e. The minimum atomic E-state index is -3.73. The third-order valence-corrected chi connectivity index (χ3v) is 5.33. The summed E-state index contributed by atoms with van der Waals surface area (Å²) in [6.45, 7) is 2.12. The highest BCUT2D eigenvalue weighted by Crippen LogP contribution is 2.31. The highest BCUT2D eigenvalue weighted by Gasteiger charge is 2.23. The lowest BCUT2D eigenvalue weighted by molar-refractivity contribution is -0.116. The molecule has 1 heterocycles. The molecule has 0 aromatic heterocycles. The number of hydrogen-bond donors (Lipinski definition) is 1. The van der Waals surface area contributed by atoms with Crippen LogP contribution >= 0.6 is 11.6 Å². The van der Waals surface area contributed by atoms with Crippen LogP contribution in [0.1, 0.15) is 12.5 Å². The molecule has 120 valence electrons. The summed E-state index contributed by atoms with van der Waals surface area (Å²) >= 11 is 5.85. The van der Waals surface area contributed by atoms with Gasteiger partial charge in [-0.3, -0.25) is 9.52 Å². The number of fused-ring (bicyclic) bond motifs is 1. The monoisotopic (exact) mass is 350 g/mol. The number of nitrogens with one attached hydrogen (secondary N) is 1. The highest BCUT2D eigenvalue weighted by atomic mass is 35.5. The van der Waals surface area contributed by atoms with Crippen molar-refractivity contribution in [3.05, 3.63) is 53.1 Å². The number of benzene rings is 2. The number of anilines is 2. The summed E-state index contributed by atoms with van der Waals surface area (Å²) in [6, 6.07) is 11.3. The number of sulfonamides is 1. The summed E-state index contributed by atoms with van der Waals surface area (Å²) in [6.07, 6.45) is 0.774. The molecule has 0 fully saturated rings. The van der Waals surface area contributed by atoms with E-state index in [1.807, 2.05) is 6.07 Å². The van der Waals surface area contributed by atoms with E-state index >= 15 is 0 Å². The number of amides is 1. The lowest BCUT2D eigenvalue weighted by Gasteiger charge is -2.16. The molecule has 0 spiro atoms. The quantitative estimate of drug-likeness (QED) is 0.925. The zero-order chi connectivity index (χ0) is 16.6. The average Bonchev–Trinajstić information content (AvgIpc) is 2.90. The number of nitrogens with zero attached hydrogens (tertiary/aromatic N) is 1. The predicted molar refractivity (Wildman–Crippen MR) is 90.4 cm³/mol. The van der Waals surface area contributed by atoms with Crippen molar-refractivity contribution in [3.63, 3.8) is 0 Å². The summed E-state index contributed by atoms with van der Waals surface area (Å²) in [4.78, 5) is 13.4. The molecule has 1 aliphatic heterocycles. The molecule has 1 N–H and O–H groups in total. The third kappa shape index (κ3) is 3.18. The van der Waals surface area contributed by atoms with Crippen molar-refractivity contribution in [1.29, 1.82) is 0 Å². The van der Waals surface area contributed by atoms with Crippen LogP contribution in [-0.4, -0.2) is 20.9 Å². The first-order chi connectivity index (χ1) is 10.9. The maximum Gasteiger partial charge on any atom is 0.261 e. The van der Waals surface area contributed by atoms with E-state index < -0.39 is 10.0 Å². The van der Waals surface area contributed by atoms with Crippen LogP contribution in [-0.2, 0) is 21.2 Å². The molecule has 2 aromatic carbocycles. The summed E-state index contributed by atoms with van der Waals surface area (Å²) in [5, 5.41) is 0.351. The Bertz CT molecular complexity index is 881. The van der Waals surface area contributed by atoms with E-state index in [9.17, 15) is 13.2 Å². The van der Waals surface area contributed by atoms with E-state index in [2.05, 4.69) is 4.72 Å². The Hall–Kier alpha value is -2.05. The van der Waals surface area contributed by atoms with Crippen LogP contribution in [0.25, 0.3) is 0 Å². The first-order valence-corrected chi connectivity index (χ1v) is 8.92. The van der Waals surface area contributed by atoms with Gasteiger partial charge < -0.3 is 4.90 Å². The van der Waals surface area contributed by atoms with Crippen molar-refractivity contribution in [2.45, 2.75) is 18.2 Å². The lowest BCUT2D eigenvalue weighted by Crippen LogP contribution is -2.25. The summed E-state index contributed by atoms with van der Waals surface area (Å²) in [5.74, 6) is -0.0569. The Labute approximate surface area is 139 Å². The second-order valence-corrected chi connectivity index (χ2v) is 7.45. The van der Waals surface area contributed by atoms with Gasteiger partial charge in [-0.25, -0.2) is 8.42 Å². The van der Waals surface area contributed by atoms with Crippen molar-refractivity contribution >= 4 is 38.9 Å². The molecule has 0 aliphatic carbocycles. The Morgan fingerprint density at radius 1 is 1.22 bits per heavy atom. The minimum Gasteiger partial charge on any atom is -0.312 e. The van der Waals surface area contributed by atoms with Crippen LogP contribution in [0.5, 0.6) is 0 Å². The zero-order valence-electron chi connectivity index (χ0n) is 12.4. The molecule has 1 amide bonds. The molecule has 7 heteroatoms. The highest BCUT2D eigenvalue weighted by molar-refractivity contribution is 7.92. The van der Waals surface area contributed by atoms with Gasteiger partial charge in [0.15, 0.2) is 0 Å². The smallest absolute Gasteiger partial charge is 0.261 e. The molecule has 0 atom stereocenters. The number of carbonyl (C=O) groups excluding carboxylic acids is 1. The van der Waals surface area contributed by atoms with Gasteiger partial charge >= 0.3 is 0 Å². The van der Waals surface area contributed by atoms with E-state index in [1.54, 1.807) is 29.2 Å². The Morgan fingerprint density at radius 2 is 2.00 bits per heavy atom. The minimum absolute atomic E-state index is 0.0569.